The maximum absolute atomic E-state index is 3.01. The fourth-order valence-electron chi connectivity index (χ4n) is 5.78. The predicted octanol–water partition coefficient (Wildman–Crippen LogP) is 8.93. The Labute approximate surface area is 208 Å². The number of fused-ring (bicyclic) bond motifs is 11. The molecule has 0 saturated carbocycles. The Bertz CT molecular complexity index is 2120. The van der Waals surface area contributed by atoms with Gasteiger partial charge in [0.1, 0.15) is 0 Å². The molecule has 1 unspecified atom stereocenters. The van der Waals surface area contributed by atoms with Crippen molar-refractivity contribution in [3.63, 3.8) is 0 Å². The van der Waals surface area contributed by atoms with Crippen LogP contribution >= 0.6 is 20.6 Å². The first kappa shape index (κ1) is 19.6. The lowest BCUT2D eigenvalue weighted by Crippen LogP contribution is -1.97. The Morgan fingerprint density at radius 1 is 0.571 bits per heavy atom. The van der Waals surface area contributed by atoms with Gasteiger partial charge in [-0.3, -0.25) is 0 Å². The Morgan fingerprint density at radius 2 is 1.34 bits per heavy atom. The van der Waals surface area contributed by atoms with Gasteiger partial charge in [-0.1, -0.05) is 84.9 Å². The Morgan fingerprint density at radius 3 is 2.23 bits per heavy atom. The number of rotatable bonds is 1. The lowest BCUT2D eigenvalue weighted by atomic mass is 9.97. The van der Waals surface area contributed by atoms with Gasteiger partial charge in [0.15, 0.2) is 0 Å². The highest BCUT2D eigenvalue weighted by molar-refractivity contribution is 7.28. The van der Waals surface area contributed by atoms with E-state index in [-0.39, 0.29) is 0 Å². The van der Waals surface area contributed by atoms with Crippen LogP contribution in [0.2, 0.25) is 0 Å². The summed E-state index contributed by atoms with van der Waals surface area (Å²) in [5, 5.41) is 10.4. The lowest BCUT2D eigenvalue weighted by molar-refractivity contribution is 1.29. The van der Waals surface area contributed by atoms with Gasteiger partial charge >= 0.3 is 0 Å². The van der Waals surface area contributed by atoms with Crippen molar-refractivity contribution in [3.8, 4) is 11.3 Å². The maximum atomic E-state index is 3.01. The van der Waals surface area contributed by atoms with Crippen molar-refractivity contribution >= 4 is 84.0 Å². The molecule has 0 aliphatic carbocycles. The molecule has 0 N–H and O–H groups in total. The van der Waals surface area contributed by atoms with Crippen LogP contribution in [-0.2, 0) is 0 Å². The van der Waals surface area contributed by atoms with Crippen molar-refractivity contribution in [1.29, 1.82) is 0 Å². The van der Waals surface area contributed by atoms with Crippen molar-refractivity contribution in [2.24, 2.45) is 0 Å². The van der Waals surface area contributed by atoms with E-state index in [1.807, 2.05) is 11.3 Å². The second kappa shape index (κ2) is 7.15. The van der Waals surface area contributed by atoms with E-state index in [1.165, 1.54) is 74.7 Å². The smallest absolute Gasteiger partial charge is 0.0613 e. The summed E-state index contributed by atoms with van der Waals surface area (Å²) in [6.45, 7) is 0. The first-order valence-electron chi connectivity index (χ1n) is 11.8. The van der Waals surface area contributed by atoms with Gasteiger partial charge in [0.2, 0.25) is 0 Å². The molecule has 0 fully saturated rings. The van der Waals surface area contributed by atoms with Gasteiger partial charge in [0, 0.05) is 36.3 Å². The Hall–Kier alpha value is -3.71. The van der Waals surface area contributed by atoms with E-state index in [4.69, 9.17) is 0 Å². The zero-order valence-electron chi connectivity index (χ0n) is 18.8. The molecule has 3 heteroatoms. The zero-order valence-corrected chi connectivity index (χ0v) is 20.8. The molecule has 5 aromatic carbocycles. The van der Waals surface area contributed by atoms with E-state index in [9.17, 15) is 0 Å². The van der Waals surface area contributed by atoms with Crippen LogP contribution in [0.3, 0.4) is 0 Å². The number of pyridine rings is 1. The van der Waals surface area contributed by atoms with Crippen LogP contribution in [0.1, 0.15) is 0 Å². The van der Waals surface area contributed by atoms with Crippen molar-refractivity contribution in [1.82, 2.24) is 4.40 Å². The predicted molar refractivity (Wildman–Crippen MR) is 158 cm³/mol. The third-order valence-corrected chi connectivity index (χ3v) is 8.86. The molecule has 0 saturated heterocycles. The molecule has 0 spiro atoms. The van der Waals surface area contributed by atoms with Crippen molar-refractivity contribution in [2.75, 3.05) is 0 Å². The van der Waals surface area contributed by atoms with E-state index < -0.39 is 0 Å². The summed E-state index contributed by atoms with van der Waals surface area (Å²) in [6.07, 6.45) is 0. The molecule has 0 aliphatic rings. The van der Waals surface area contributed by atoms with E-state index >= 15 is 0 Å². The molecule has 0 radical (unpaired) electrons. The van der Waals surface area contributed by atoms with Gasteiger partial charge in [-0.2, -0.15) is 0 Å². The van der Waals surface area contributed by atoms with E-state index in [1.54, 1.807) is 0 Å². The van der Waals surface area contributed by atoms with Crippen molar-refractivity contribution in [2.45, 2.75) is 0 Å². The number of hydrogen-bond donors (Lipinski definition) is 0. The van der Waals surface area contributed by atoms with Gasteiger partial charge in [-0.25, -0.2) is 0 Å². The highest BCUT2D eigenvalue weighted by Gasteiger charge is 2.19. The quantitative estimate of drug-likeness (QED) is 0.163. The summed E-state index contributed by atoms with van der Waals surface area (Å²) in [4.78, 5) is 0. The summed E-state index contributed by atoms with van der Waals surface area (Å²) < 4.78 is 5.16. The van der Waals surface area contributed by atoms with Gasteiger partial charge in [0.25, 0.3) is 0 Å². The van der Waals surface area contributed by atoms with E-state index in [0.29, 0.717) is 0 Å². The molecule has 164 valence electrons. The number of benzene rings is 5. The minimum Gasteiger partial charge on any atom is -0.308 e. The molecule has 0 aliphatic heterocycles. The fourth-order valence-corrected chi connectivity index (χ4v) is 7.35. The van der Waals surface area contributed by atoms with E-state index in [0.717, 1.165) is 0 Å². The summed E-state index contributed by atoms with van der Waals surface area (Å²) >= 11 is 1.89. The third kappa shape index (κ3) is 2.67. The minimum absolute atomic E-state index is 1.22. The standard InChI is InChI=1S/C32H20NPS/c34-28-18-26(20-9-2-1-3-10-20)33-27-16-24-22-12-6-7-13-29(22)35-30(24)17-25(27)31-21-11-5-4-8-19(21)14-15-23(31)32(28)33/h1-18H,34H2. The molecule has 8 aromatic rings. The molecule has 0 bridgehead atoms. The van der Waals surface area contributed by atoms with Crippen LogP contribution in [0, 0.1) is 0 Å². The van der Waals surface area contributed by atoms with Crippen LogP contribution in [0.5, 0.6) is 0 Å². The van der Waals surface area contributed by atoms with Gasteiger partial charge in [0.05, 0.1) is 16.7 Å². The van der Waals surface area contributed by atoms with Crippen LogP contribution in [0.25, 0.3) is 69.4 Å². The van der Waals surface area contributed by atoms with Gasteiger partial charge < -0.3 is 4.40 Å². The number of nitrogens with zero attached hydrogens (tertiary/aromatic N) is 1. The number of hydrogen-bond acceptors (Lipinski definition) is 1. The molecular formula is C32H20NPS. The third-order valence-electron chi connectivity index (χ3n) is 7.29. The molecule has 1 atom stereocenters. The maximum Gasteiger partial charge on any atom is 0.0613 e. The largest absolute Gasteiger partial charge is 0.308 e. The SMILES string of the molecule is Pc1cc(-c2ccccc2)n2c3cc4c(cc3c3c5ccccc5ccc3c12)sc1ccccc14. The summed E-state index contributed by atoms with van der Waals surface area (Å²) in [5.74, 6) is 0. The average Bonchev–Trinajstić information content (AvgIpc) is 3.45. The van der Waals surface area contributed by atoms with Crippen LogP contribution < -0.4 is 5.30 Å². The highest BCUT2D eigenvalue weighted by atomic mass is 32.1. The lowest BCUT2D eigenvalue weighted by Gasteiger charge is -2.15. The normalized spacial score (nSPS) is 12.1. The molecular weight excluding hydrogens is 461 g/mol. The second-order valence-corrected chi connectivity index (χ2v) is 10.9. The first-order valence-corrected chi connectivity index (χ1v) is 13.2. The first-order chi connectivity index (χ1) is 17.3. The Balaban J connectivity index is 1.70. The average molecular weight is 482 g/mol. The molecule has 8 rings (SSSR count). The van der Waals surface area contributed by atoms with Crippen LogP contribution in [-0.4, -0.2) is 4.40 Å². The topological polar surface area (TPSA) is 4.41 Å². The zero-order chi connectivity index (χ0) is 23.1. The fraction of sp³-hybridized carbons (Fsp3) is 0. The molecule has 35 heavy (non-hydrogen) atoms. The van der Waals surface area contributed by atoms with Gasteiger partial charge in [-0.05, 0) is 45.9 Å². The van der Waals surface area contributed by atoms with Crippen molar-refractivity contribution in [3.05, 3.63) is 109 Å². The van der Waals surface area contributed by atoms with Gasteiger partial charge in [-0.15, -0.1) is 20.6 Å². The monoisotopic (exact) mass is 481 g/mol. The minimum atomic E-state index is 1.22. The molecule has 3 aromatic heterocycles. The molecule has 3 heterocycles. The molecule has 1 nitrogen and oxygen atoms in total. The number of thiophene rings is 1. The van der Waals surface area contributed by atoms with Crippen molar-refractivity contribution < 1.29 is 0 Å². The summed E-state index contributed by atoms with van der Waals surface area (Å²) in [7, 11) is 3.01. The summed E-state index contributed by atoms with van der Waals surface area (Å²) in [6, 6.07) is 40.0. The summed E-state index contributed by atoms with van der Waals surface area (Å²) in [5.41, 5.74) is 4.98. The van der Waals surface area contributed by atoms with Crippen LogP contribution in [0.4, 0.5) is 0 Å². The van der Waals surface area contributed by atoms with Crippen LogP contribution in [0.15, 0.2) is 109 Å². The Kier molecular flexibility index (Phi) is 4.00. The van der Waals surface area contributed by atoms with E-state index in [2.05, 4.69) is 123 Å². The number of aromatic nitrogens is 1. The second-order valence-electron chi connectivity index (χ2n) is 9.21. The molecule has 0 amide bonds. The highest BCUT2D eigenvalue weighted by Crippen LogP contribution is 2.42.